The number of anilines is 1. The van der Waals surface area contributed by atoms with E-state index in [1.165, 1.54) is 27.7 Å². The number of benzene rings is 2. The summed E-state index contributed by atoms with van der Waals surface area (Å²) in [4.78, 5) is 2.53. The standard InChI is InChI=1S/C20H20ClIN3/c21-16-4-2-15(3-5-16)20-13-24-9-10-25(20)19-6-1-14(12-23)11-17(19)18-7-8-22-18/h1-6,11,18,20,24H,7-10,13H2/q-1/t18?,20-/m0/s1. The number of hydrogen-bond acceptors (Lipinski definition) is 3. The summed E-state index contributed by atoms with van der Waals surface area (Å²) in [6.07, 6.45) is 1.28. The first-order valence-corrected chi connectivity index (χ1v) is 11.8. The number of rotatable bonds is 3. The van der Waals surface area contributed by atoms with Gasteiger partial charge >= 0.3 is 165 Å². The van der Waals surface area contributed by atoms with Gasteiger partial charge in [-0.25, -0.2) is 0 Å². The number of hydrogen-bond donors (Lipinski definition) is 1. The van der Waals surface area contributed by atoms with Gasteiger partial charge in [0.1, 0.15) is 0 Å². The summed E-state index contributed by atoms with van der Waals surface area (Å²) in [7, 11) is 0. The van der Waals surface area contributed by atoms with Crippen LogP contribution < -0.4 is 31.4 Å². The fraction of sp³-hybridized carbons (Fsp3) is 0.350. The Balaban J connectivity index is 1.73. The van der Waals surface area contributed by atoms with Gasteiger partial charge in [-0.05, 0) is 0 Å². The molecule has 5 heteroatoms. The summed E-state index contributed by atoms with van der Waals surface area (Å²) in [5, 5.41) is 13.6. The zero-order valence-corrected chi connectivity index (χ0v) is 16.8. The first-order valence-electron chi connectivity index (χ1n) is 8.61. The van der Waals surface area contributed by atoms with Crippen molar-refractivity contribution in [1.29, 1.82) is 5.26 Å². The first-order chi connectivity index (χ1) is 12.3. The number of halogens is 2. The van der Waals surface area contributed by atoms with Crippen molar-refractivity contribution in [1.82, 2.24) is 5.32 Å². The molecule has 2 aliphatic rings. The van der Waals surface area contributed by atoms with E-state index in [0.717, 1.165) is 30.2 Å². The van der Waals surface area contributed by atoms with Gasteiger partial charge in [0, 0.05) is 0 Å². The molecule has 130 valence electrons. The van der Waals surface area contributed by atoms with Crippen molar-refractivity contribution in [3.05, 3.63) is 64.2 Å². The number of alkyl halides is 2. The SMILES string of the molecule is N#Cc1ccc(N2CCNC[C@H]2c2ccc(Cl)cc2)c(C2CC[I-]2)c1. The summed E-state index contributed by atoms with van der Waals surface area (Å²) >= 11 is 6.32. The van der Waals surface area contributed by atoms with E-state index in [1.54, 1.807) is 0 Å². The molecule has 4 rings (SSSR count). The van der Waals surface area contributed by atoms with E-state index in [4.69, 9.17) is 11.6 Å². The second-order valence-electron chi connectivity index (χ2n) is 6.45. The van der Waals surface area contributed by atoms with Gasteiger partial charge in [-0.2, -0.15) is 0 Å². The monoisotopic (exact) mass is 464 g/mol. The molecule has 1 N–H and O–H groups in total. The molecule has 0 bridgehead atoms. The molecule has 3 nitrogen and oxygen atoms in total. The molecule has 1 unspecified atom stereocenters. The molecule has 2 saturated heterocycles. The zero-order chi connectivity index (χ0) is 17.2. The van der Waals surface area contributed by atoms with E-state index in [-0.39, 0.29) is 21.2 Å². The van der Waals surface area contributed by atoms with Crippen molar-refractivity contribution in [2.45, 2.75) is 16.4 Å². The normalized spacial score (nSPS) is 23.3. The average molecular weight is 465 g/mol. The Labute approximate surface area is 164 Å². The van der Waals surface area contributed by atoms with Crippen molar-refractivity contribution in [3.8, 4) is 6.07 Å². The fourth-order valence-electron chi connectivity index (χ4n) is 3.57. The molecular weight excluding hydrogens is 445 g/mol. The predicted molar refractivity (Wildman–Crippen MR) is 97.8 cm³/mol. The fourth-order valence-corrected chi connectivity index (χ4v) is 5.91. The Bertz CT molecular complexity index is 796. The first kappa shape index (κ1) is 17.1. The molecule has 0 aliphatic carbocycles. The van der Waals surface area contributed by atoms with Gasteiger partial charge in [0.2, 0.25) is 0 Å². The minimum absolute atomic E-state index is 0.246. The summed E-state index contributed by atoms with van der Waals surface area (Å²) in [6.45, 7) is 2.90. The van der Waals surface area contributed by atoms with Crippen molar-refractivity contribution in [2.24, 2.45) is 0 Å². The Hall–Kier alpha value is -1.29. The van der Waals surface area contributed by atoms with Crippen molar-refractivity contribution in [3.63, 3.8) is 0 Å². The van der Waals surface area contributed by atoms with Crippen molar-refractivity contribution in [2.75, 3.05) is 29.0 Å². The second-order valence-corrected chi connectivity index (χ2v) is 10.3. The second kappa shape index (κ2) is 7.53. The van der Waals surface area contributed by atoms with Crippen LogP contribution in [0.1, 0.15) is 33.1 Å². The van der Waals surface area contributed by atoms with E-state index in [0.29, 0.717) is 9.97 Å². The van der Waals surface area contributed by atoms with Crippen LogP contribution in [0.5, 0.6) is 0 Å². The van der Waals surface area contributed by atoms with Gasteiger partial charge in [0.25, 0.3) is 0 Å². The van der Waals surface area contributed by atoms with E-state index in [1.807, 2.05) is 18.2 Å². The Morgan fingerprint density at radius 3 is 2.68 bits per heavy atom. The third-order valence-corrected chi connectivity index (χ3v) is 8.81. The van der Waals surface area contributed by atoms with Gasteiger partial charge in [0.05, 0.1) is 0 Å². The number of nitriles is 1. The Kier molecular flexibility index (Phi) is 5.16. The molecule has 2 atom stereocenters. The van der Waals surface area contributed by atoms with Gasteiger partial charge in [-0.1, -0.05) is 0 Å². The third kappa shape index (κ3) is 3.51. The van der Waals surface area contributed by atoms with E-state index < -0.39 is 0 Å². The molecule has 2 heterocycles. The summed E-state index contributed by atoms with van der Waals surface area (Å²) < 4.78 is 2.12. The van der Waals surface area contributed by atoms with Crippen LogP contribution >= 0.6 is 11.6 Å². The quantitative estimate of drug-likeness (QED) is 0.542. The number of nitrogens with zero attached hydrogens (tertiary/aromatic N) is 2. The average Bonchev–Trinajstić information content (AvgIpc) is 2.61. The Morgan fingerprint density at radius 1 is 1.20 bits per heavy atom. The molecule has 25 heavy (non-hydrogen) atoms. The van der Waals surface area contributed by atoms with Gasteiger partial charge in [0.15, 0.2) is 0 Å². The van der Waals surface area contributed by atoms with E-state index in [9.17, 15) is 5.26 Å². The predicted octanol–water partition coefficient (Wildman–Crippen LogP) is 0.896. The molecule has 0 aromatic heterocycles. The van der Waals surface area contributed by atoms with Crippen LogP contribution in [0.25, 0.3) is 0 Å². The van der Waals surface area contributed by atoms with Crippen LogP contribution in [0.4, 0.5) is 5.69 Å². The molecule has 0 saturated carbocycles. The molecule has 0 amide bonds. The number of piperazine rings is 1. The summed E-state index contributed by atoms with van der Waals surface area (Å²) in [5.74, 6) is 0. The zero-order valence-electron chi connectivity index (χ0n) is 13.9. The molecule has 2 aromatic rings. The van der Waals surface area contributed by atoms with Crippen LogP contribution in [0.15, 0.2) is 42.5 Å². The van der Waals surface area contributed by atoms with Crippen LogP contribution in [-0.4, -0.2) is 24.1 Å². The van der Waals surface area contributed by atoms with Crippen LogP contribution in [-0.2, 0) is 0 Å². The molecular formula is C20H20ClIN3-. The Morgan fingerprint density at radius 2 is 2.00 bits per heavy atom. The van der Waals surface area contributed by atoms with Gasteiger partial charge < -0.3 is 0 Å². The number of nitrogens with one attached hydrogen (secondary N) is 1. The molecule has 0 spiro atoms. The van der Waals surface area contributed by atoms with Crippen LogP contribution in [0.2, 0.25) is 5.02 Å². The molecule has 2 aliphatic heterocycles. The van der Waals surface area contributed by atoms with Crippen LogP contribution in [0, 0.1) is 11.3 Å². The van der Waals surface area contributed by atoms with Crippen molar-refractivity contribution >= 4 is 17.3 Å². The minimum atomic E-state index is 0.246. The third-order valence-electron chi connectivity index (χ3n) is 4.96. The van der Waals surface area contributed by atoms with Crippen LogP contribution in [0.3, 0.4) is 0 Å². The molecule has 2 aromatic carbocycles. The maximum atomic E-state index is 9.31. The van der Waals surface area contributed by atoms with E-state index >= 15 is 0 Å². The van der Waals surface area contributed by atoms with Crippen molar-refractivity contribution < 1.29 is 21.2 Å². The summed E-state index contributed by atoms with van der Waals surface area (Å²) in [6, 6.07) is 17.1. The van der Waals surface area contributed by atoms with E-state index in [2.05, 4.69) is 40.6 Å². The van der Waals surface area contributed by atoms with Gasteiger partial charge in [-0.15, -0.1) is 0 Å². The summed E-state index contributed by atoms with van der Waals surface area (Å²) in [5.41, 5.74) is 4.80. The molecule has 2 fully saturated rings. The topological polar surface area (TPSA) is 39.1 Å². The molecule has 0 radical (unpaired) electrons. The van der Waals surface area contributed by atoms with Gasteiger partial charge in [-0.3, -0.25) is 0 Å². The maximum absolute atomic E-state index is 9.31.